The molecule has 1 fully saturated rings. The number of anilines is 2. The lowest BCUT2D eigenvalue weighted by molar-refractivity contribution is -0.0523. The van der Waals surface area contributed by atoms with Gasteiger partial charge in [-0.3, -0.25) is 0 Å². The zero-order valence-corrected chi connectivity index (χ0v) is 12.6. The highest BCUT2D eigenvalue weighted by Crippen LogP contribution is 2.39. The summed E-state index contributed by atoms with van der Waals surface area (Å²) in [6, 6.07) is 3.16. The summed E-state index contributed by atoms with van der Waals surface area (Å²) in [5.74, 6) is 0.451. The molecule has 1 aliphatic rings. The topological polar surface area (TPSA) is 93.8 Å². The maximum Gasteiger partial charge on any atom is 0.338 e. The van der Waals surface area contributed by atoms with Crippen LogP contribution in [0.1, 0.15) is 30.1 Å². The highest BCUT2D eigenvalue weighted by molar-refractivity contribution is 5.93. The molecule has 0 atom stereocenters. The highest BCUT2D eigenvalue weighted by Gasteiger charge is 2.38. The zero-order valence-electron chi connectivity index (χ0n) is 12.6. The first-order valence-electron chi connectivity index (χ1n) is 6.88. The first-order chi connectivity index (χ1) is 9.86. The molecule has 0 heterocycles. The molecule has 0 amide bonds. The molecule has 0 aliphatic heterocycles. The van der Waals surface area contributed by atoms with Gasteiger partial charge in [-0.05, 0) is 37.8 Å². The number of benzene rings is 1. The molecular weight excluding hydrogens is 272 g/mol. The third-order valence-corrected chi connectivity index (χ3v) is 3.80. The van der Waals surface area contributed by atoms with E-state index in [0.29, 0.717) is 35.2 Å². The van der Waals surface area contributed by atoms with Gasteiger partial charge < -0.3 is 25.6 Å². The summed E-state index contributed by atoms with van der Waals surface area (Å²) < 4.78 is 9.97. The van der Waals surface area contributed by atoms with E-state index in [1.54, 1.807) is 12.1 Å². The van der Waals surface area contributed by atoms with E-state index in [0.717, 1.165) is 12.8 Å². The Labute approximate surface area is 124 Å². The molecule has 0 bridgehead atoms. The summed E-state index contributed by atoms with van der Waals surface area (Å²) in [5, 5.41) is 13.0. The Bertz CT molecular complexity index is 535. The van der Waals surface area contributed by atoms with E-state index in [-0.39, 0.29) is 0 Å². The van der Waals surface area contributed by atoms with E-state index in [2.05, 4.69) is 10.1 Å². The van der Waals surface area contributed by atoms with Crippen molar-refractivity contribution in [1.82, 2.24) is 0 Å². The molecule has 1 aliphatic carbocycles. The van der Waals surface area contributed by atoms with Crippen molar-refractivity contribution in [2.45, 2.75) is 25.4 Å². The maximum absolute atomic E-state index is 11.6. The Balaban J connectivity index is 2.10. The smallest absolute Gasteiger partial charge is 0.338 e. The second kappa shape index (κ2) is 5.81. The van der Waals surface area contributed by atoms with Crippen LogP contribution < -0.4 is 15.8 Å². The summed E-state index contributed by atoms with van der Waals surface area (Å²) in [7, 11) is 2.84. The van der Waals surface area contributed by atoms with Gasteiger partial charge in [0, 0.05) is 6.54 Å². The number of rotatable bonds is 5. The Morgan fingerprint density at radius 2 is 2.14 bits per heavy atom. The molecule has 1 aromatic rings. The SMILES string of the molecule is COC(=O)c1cc(N)c(NCC2CC(C)(O)C2)c(OC)c1. The number of esters is 1. The number of carbonyl (C=O) groups excluding carboxylic acids is 1. The monoisotopic (exact) mass is 294 g/mol. The molecule has 0 saturated heterocycles. The molecule has 1 saturated carbocycles. The molecule has 6 nitrogen and oxygen atoms in total. The van der Waals surface area contributed by atoms with Crippen molar-refractivity contribution >= 4 is 17.3 Å². The van der Waals surface area contributed by atoms with Crippen molar-refractivity contribution < 1.29 is 19.4 Å². The summed E-state index contributed by atoms with van der Waals surface area (Å²) in [4.78, 5) is 11.6. The number of carbonyl (C=O) groups is 1. The molecule has 6 heteroatoms. The van der Waals surface area contributed by atoms with Crippen LogP contribution in [0, 0.1) is 5.92 Å². The lowest BCUT2D eigenvalue weighted by Gasteiger charge is -2.41. The molecule has 0 spiro atoms. The van der Waals surface area contributed by atoms with Gasteiger partial charge in [-0.1, -0.05) is 0 Å². The third-order valence-electron chi connectivity index (χ3n) is 3.80. The maximum atomic E-state index is 11.6. The summed E-state index contributed by atoms with van der Waals surface area (Å²) in [6.45, 7) is 2.54. The number of hydrogen-bond acceptors (Lipinski definition) is 6. The van der Waals surface area contributed by atoms with Gasteiger partial charge in [0.25, 0.3) is 0 Å². The van der Waals surface area contributed by atoms with Crippen LogP contribution >= 0.6 is 0 Å². The standard InChI is InChI=1S/C15H22N2O4/c1-15(19)6-9(7-15)8-17-13-11(16)4-10(14(18)21-3)5-12(13)20-2/h4-5,9,17,19H,6-8,16H2,1-3H3. The molecule has 0 aromatic heterocycles. The van der Waals surface area contributed by atoms with Crippen LogP contribution in [-0.4, -0.2) is 37.4 Å². The fourth-order valence-electron chi connectivity index (χ4n) is 2.80. The predicted molar refractivity (Wildman–Crippen MR) is 80.6 cm³/mol. The molecule has 2 rings (SSSR count). The molecule has 116 valence electrons. The minimum Gasteiger partial charge on any atom is -0.494 e. The molecule has 0 unspecified atom stereocenters. The molecule has 4 N–H and O–H groups in total. The van der Waals surface area contributed by atoms with Crippen LogP contribution in [0.5, 0.6) is 5.75 Å². The lowest BCUT2D eigenvalue weighted by Crippen LogP contribution is -2.43. The number of aliphatic hydroxyl groups is 1. The summed E-state index contributed by atoms with van der Waals surface area (Å²) in [6.07, 6.45) is 1.53. The van der Waals surface area contributed by atoms with Crippen molar-refractivity contribution in [1.29, 1.82) is 0 Å². The number of nitrogen functional groups attached to an aromatic ring is 1. The summed E-state index contributed by atoms with van der Waals surface area (Å²) >= 11 is 0. The number of nitrogens with two attached hydrogens (primary N) is 1. The Kier molecular flexibility index (Phi) is 4.27. The minimum absolute atomic E-state index is 0.351. The van der Waals surface area contributed by atoms with Gasteiger partial charge in [0.05, 0.1) is 31.1 Å². The van der Waals surface area contributed by atoms with E-state index in [4.69, 9.17) is 10.5 Å². The number of ether oxygens (including phenoxy) is 2. The van der Waals surface area contributed by atoms with Gasteiger partial charge in [0.15, 0.2) is 0 Å². The van der Waals surface area contributed by atoms with Crippen LogP contribution in [0.15, 0.2) is 12.1 Å². The second-order valence-corrected chi connectivity index (χ2v) is 5.79. The van der Waals surface area contributed by atoms with Crippen molar-refractivity contribution in [2.75, 3.05) is 31.8 Å². The van der Waals surface area contributed by atoms with Gasteiger partial charge >= 0.3 is 5.97 Å². The average Bonchev–Trinajstić information content (AvgIpc) is 2.41. The van der Waals surface area contributed by atoms with Crippen molar-refractivity contribution in [3.8, 4) is 5.75 Å². The molecule has 21 heavy (non-hydrogen) atoms. The largest absolute Gasteiger partial charge is 0.494 e. The fraction of sp³-hybridized carbons (Fsp3) is 0.533. The fourth-order valence-corrected chi connectivity index (χ4v) is 2.80. The van der Waals surface area contributed by atoms with E-state index in [1.165, 1.54) is 14.2 Å². The van der Waals surface area contributed by atoms with Crippen LogP contribution in [0.25, 0.3) is 0 Å². The number of nitrogens with one attached hydrogen (secondary N) is 1. The number of hydrogen-bond donors (Lipinski definition) is 3. The quantitative estimate of drug-likeness (QED) is 0.564. The average molecular weight is 294 g/mol. The van der Waals surface area contributed by atoms with Crippen molar-refractivity contribution in [3.63, 3.8) is 0 Å². The Morgan fingerprint density at radius 3 is 2.67 bits per heavy atom. The van der Waals surface area contributed by atoms with Crippen LogP contribution in [-0.2, 0) is 4.74 Å². The zero-order chi connectivity index (χ0) is 15.6. The van der Waals surface area contributed by atoms with Crippen molar-refractivity contribution in [2.24, 2.45) is 5.92 Å². The van der Waals surface area contributed by atoms with Gasteiger partial charge in [0.2, 0.25) is 0 Å². The van der Waals surface area contributed by atoms with Gasteiger partial charge in [-0.25, -0.2) is 4.79 Å². The summed E-state index contributed by atoms with van der Waals surface area (Å²) in [5.41, 5.74) is 6.89. The Hall–Kier alpha value is -1.95. The van der Waals surface area contributed by atoms with Gasteiger partial charge in [-0.2, -0.15) is 0 Å². The van der Waals surface area contributed by atoms with E-state index in [1.807, 2.05) is 6.92 Å². The third kappa shape index (κ3) is 3.39. The van der Waals surface area contributed by atoms with E-state index in [9.17, 15) is 9.90 Å². The van der Waals surface area contributed by atoms with Gasteiger partial charge in [0.1, 0.15) is 11.4 Å². The second-order valence-electron chi connectivity index (χ2n) is 5.79. The predicted octanol–water partition coefficient (Wildman–Crippen LogP) is 1.64. The normalized spacial score (nSPS) is 24.1. The minimum atomic E-state index is -0.545. The van der Waals surface area contributed by atoms with E-state index < -0.39 is 11.6 Å². The molecule has 1 aromatic carbocycles. The Morgan fingerprint density at radius 1 is 1.48 bits per heavy atom. The van der Waals surface area contributed by atoms with Crippen LogP contribution in [0.3, 0.4) is 0 Å². The molecular formula is C15H22N2O4. The highest BCUT2D eigenvalue weighted by atomic mass is 16.5. The molecule has 0 radical (unpaired) electrons. The van der Waals surface area contributed by atoms with Crippen LogP contribution in [0.4, 0.5) is 11.4 Å². The lowest BCUT2D eigenvalue weighted by atomic mass is 9.72. The van der Waals surface area contributed by atoms with E-state index >= 15 is 0 Å². The van der Waals surface area contributed by atoms with Gasteiger partial charge in [-0.15, -0.1) is 0 Å². The van der Waals surface area contributed by atoms with Crippen LogP contribution in [0.2, 0.25) is 0 Å². The van der Waals surface area contributed by atoms with Crippen molar-refractivity contribution in [3.05, 3.63) is 17.7 Å². The first kappa shape index (κ1) is 15.4. The first-order valence-corrected chi connectivity index (χ1v) is 6.88. The number of methoxy groups -OCH3 is 2.